The maximum absolute atomic E-state index is 13.8. The van der Waals surface area contributed by atoms with Gasteiger partial charge in [-0.25, -0.2) is 18.7 Å². The highest BCUT2D eigenvalue weighted by atomic mass is 19.4. The van der Waals surface area contributed by atoms with Crippen LogP contribution in [0.3, 0.4) is 0 Å². The van der Waals surface area contributed by atoms with Gasteiger partial charge in [-0.15, -0.1) is 0 Å². The van der Waals surface area contributed by atoms with Gasteiger partial charge in [0.1, 0.15) is 6.54 Å². The molecule has 47 heavy (non-hydrogen) atoms. The summed E-state index contributed by atoms with van der Waals surface area (Å²) in [4.78, 5) is 47.3. The fourth-order valence-corrected chi connectivity index (χ4v) is 5.47. The van der Waals surface area contributed by atoms with E-state index in [1.807, 2.05) is 0 Å². The van der Waals surface area contributed by atoms with Crippen molar-refractivity contribution in [1.29, 1.82) is 0 Å². The van der Waals surface area contributed by atoms with E-state index >= 15 is 0 Å². The van der Waals surface area contributed by atoms with Crippen molar-refractivity contribution in [3.05, 3.63) is 53.7 Å². The van der Waals surface area contributed by atoms with Crippen LogP contribution in [0.25, 0.3) is 16.9 Å². The largest absolute Gasteiger partial charge is 0.435 e. The molecular formula is C29H30F5N9O4. The number of nitrogens with zero attached hydrogens (tertiary/aromatic N) is 6. The highest BCUT2D eigenvalue weighted by molar-refractivity contribution is 5.99. The van der Waals surface area contributed by atoms with E-state index in [2.05, 4.69) is 25.7 Å². The number of nitrogens with two attached hydrogens (primary N) is 1. The first-order chi connectivity index (χ1) is 22.4. The van der Waals surface area contributed by atoms with Crippen LogP contribution in [-0.2, 0) is 28.7 Å². The molecule has 0 aliphatic carbocycles. The molecule has 0 radical (unpaired) electrons. The number of rotatable bonds is 12. The molecule has 1 unspecified atom stereocenters. The summed E-state index contributed by atoms with van der Waals surface area (Å²) in [6.45, 7) is 2.16. The van der Waals surface area contributed by atoms with Gasteiger partial charge in [0.2, 0.25) is 5.91 Å². The molecule has 1 fully saturated rings. The Morgan fingerprint density at radius 3 is 2.68 bits per heavy atom. The number of ether oxygens (including phenoxy) is 1. The fourth-order valence-electron chi connectivity index (χ4n) is 5.47. The number of nitrogens with one attached hydrogen (secondary N) is 2. The highest BCUT2D eigenvalue weighted by Crippen LogP contribution is 2.38. The minimum atomic E-state index is -4.94. The maximum Gasteiger partial charge on any atom is 0.435 e. The van der Waals surface area contributed by atoms with Gasteiger partial charge in [-0.2, -0.15) is 18.3 Å². The quantitative estimate of drug-likeness (QED) is 0.153. The normalized spacial score (nSPS) is 15.0. The molecule has 0 spiro atoms. The van der Waals surface area contributed by atoms with Crippen LogP contribution in [-0.4, -0.2) is 79.9 Å². The zero-order chi connectivity index (χ0) is 33.9. The van der Waals surface area contributed by atoms with Gasteiger partial charge in [0.15, 0.2) is 22.9 Å². The lowest BCUT2D eigenvalue weighted by Crippen LogP contribution is -2.39. The Labute approximate surface area is 263 Å². The summed E-state index contributed by atoms with van der Waals surface area (Å²) in [6, 6.07) is 2.90. The molecule has 3 aromatic heterocycles. The number of likely N-dealkylation sites (tertiary alicyclic amines) is 1. The fraction of sp³-hybridized carbons (Fsp3) is 0.379. The Morgan fingerprint density at radius 1 is 1.23 bits per heavy atom. The van der Waals surface area contributed by atoms with Crippen LogP contribution < -0.4 is 21.1 Å². The lowest BCUT2D eigenvalue weighted by Gasteiger charge is -2.19. The molecule has 13 nitrogen and oxygen atoms in total. The third-order valence-corrected chi connectivity index (χ3v) is 7.71. The van der Waals surface area contributed by atoms with Crippen molar-refractivity contribution in [2.75, 3.05) is 31.5 Å². The molecular weight excluding hydrogens is 633 g/mol. The molecule has 4 aromatic rings. The zero-order valence-corrected chi connectivity index (χ0v) is 24.9. The van der Waals surface area contributed by atoms with Crippen molar-refractivity contribution < 1.29 is 41.1 Å². The predicted molar refractivity (Wildman–Crippen MR) is 157 cm³/mol. The number of carbonyl (C=O) groups excluding carboxylic acids is 3. The first kappa shape index (κ1) is 33.2. The molecule has 0 saturated carbocycles. The van der Waals surface area contributed by atoms with E-state index in [-0.39, 0.29) is 65.4 Å². The van der Waals surface area contributed by atoms with Crippen LogP contribution in [0.5, 0.6) is 5.75 Å². The summed E-state index contributed by atoms with van der Waals surface area (Å²) < 4.78 is 74.3. The van der Waals surface area contributed by atoms with Gasteiger partial charge in [-0.1, -0.05) is 6.92 Å². The van der Waals surface area contributed by atoms with Crippen LogP contribution in [0.4, 0.5) is 33.5 Å². The van der Waals surface area contributed by atoms with Gasteiger partial charge >= 0.3 is 6.18 Å². The number of imidazole rings is 1. The Hall–Kier alpha value is -5.13. The molecule has 0 bridgehead atoms. The predicted octanol–water partition coefficient (Wildman–Crippen LogP) is 3.25. The summed E-state index contributed by atoms with van der Waals surface area (Å²) in [7, 11) is 0. The summed E-state index contributed by atoms with van der Waals surface area (Å²) in [5.74, 6) is -0.591. The van der Waals surface area contributed by atoms with Crippen LogP contribution in [0.15, 0.2) is 36.9 Å². The lowest BCUT2D eigenvalue weighted by atomic mass is 10.0. The SMILES string of the molecule is CCc1c(C(=O)NCC(=O)N2CCC(CN)C2)ccc(Nc2nccn3c(-c4cn(CC(F)F)nc4C(F)(F)F)cnc23)c1OC=O. The topological polar surface area (TPSA) is 162 Å². The van der Waals surface area contributed by atoms with Crippen molar-refractivity contribution in [3.8, 4) is 17.0 Å². The van der Waals surface area contributed by atoms with Crippen molar-refractivity contribution in [2.24, 2.45) is 11.7 Å². The minimum absolute atomic E-state index is 0.0185. The molecule has 4 heterocycles. The molecule has 1 aliphatic heterocycles. The Bertz CT molecular complexity index is 1790. The third kappa shape index (κ3) is 7.01. The lowest BCUT2D eigenvalue weighted by molar-refractivity contribution is -0.141. The van der Waals surface area contributed by atoms with Gasteiger partial charge in [-0.3, -0.25) is 23.5 Å². The molecule has 1 aliphatic rings. The zero-order valence-electron chi connectivity index (χ0n) is 24.9. The van der Waals surface area contributed by atoms with Crippen LogP contribution >= 0.6 is 0 Å². The van der Waals surface area contributed by atoms with E-state index in [1.165, 1.54) is 28.9 Å². The second-order valence-electron chi connectivity index (χ2n) is 10.7. The average Bonchev–Trinajstić information content (AvgIpc) is 3.78. The van der Waals surface area contributed by atoms with E-state index in [0.29, 0.717) is 29.9 Å². The molecule has 1 saturated heterocycles. The molecule has 5 rings (SSSR count). The first-order valence-electron chi connectivity index (χ1n) is 14.5. The average molecular weight is 664 g/mol. The van der Waals surface area contributed by atoms with Crippen molar-refractivity contribution >= 4 is 35.4 Å². The molecule has 4 N–H and O–H groups in total. The standard InChI is InChI=1S/C29H30F5N9O4/c1-2-17-18(28(46)38-11-23(45)41-7-5-16(9-35)12-41)3-4-20(24(17)47-15-44)39-26-27-37-10-21(43(27)8-6-36-26)19-13-42(14-22(30)31)40-25(19)29(32,33)34/h3-4,6,8,10,13,15-16,22H,2,5,7,9,11-12,14,35H2,1H3,(H,36,39)(H,38,46). The van der Waals surface area contributed by atoms with Gasteiger partial charge in [0, 0.05) is 42.8 Å². The van der Waals surface area contributed by atoms with Gasteiger partial charge in [0.05, 0.1) is 29.7 Å². The van der Waals surface area contributed by atoms with E-state index < -0.39 is 36.3 Å². The van der Waals surface area contributed by atoms with Crippen molar-refractivity contribution in [3.63, 3.8) is 0 Å². The summed E-state index contributed by atoms with van der Waals surface area (Å²) >= 11 is 0. The third-order valence-electron chi connectivity index (χ3n) is 7.71. The summed E-state index contributed by atoms with van der Waals surface area (Å²) in [5, 5.41) is 8.90. The number of hydrogen-bond donors (Lipinski definition) is 3. The van der Waals surface area contributed by atoms with Crippen molar-refractivity contribution in [1.82, 2.24) is 34.4 Å². The van der Waals surface area contributed by atoms with Crippen LogP contribution in [0.1, 0.15) is 35.0 Å². The molecule has 1 atom stereocenters. The number of carbonyl (C=O) groups is 3. The van der Waals surface area contributed by atoms with Gasteiger partial charge in [-0.05, 0) is 37.4 Å². The number of anilines is 2. The number of fused-ring (bicyclic) bond motifs is 1. The second kappa shape index (κ2) is 13.7. The molecule has 18 heteroatoms. The molecule has 250 valence electrons. The number of benzene rings is 1. The summed E-state index contributed by atoms with van der Waals surface area (Å²) in [6.07, 6.45) is -2.26. The summed E-state index contributed by atoms with van der Waals surface area (Å²) in [5.41, 5.74) is 4.47. The van der Waals surface area contributed by atoms with E-state index in [1.54, 1.807) is 11.8 Å². The Balaban J connectivity index is 1.43. The first-order valence-corrected chi connectivity index (χ1v) is 14.5. The van der Waals surface area contributed by atoms with Crippen LogP contribution in [0.2, 0.25) is 0 Å². The van der Waals surface area contributed by atoms with E-state index in [9.17, 15) is 36.3 Å². The number of hydrogen-bond acceptors (Lipinski definition) is 9. The van der Waals surface area contributed by atoms with Crippen LogP contribution in [0, 0.1) is 5.92 Å². The number of aromatic nitrogens is 5. The Kier molecular flexibility index (Phi) is 9.69. The molecule has 2 amide bonds. The highest BCUT2D eigenvalue weighted by Gasteiger charge is 2.38. The second-order valence-corrected chi connectivity index (χ2v) is 10.7. The molecule has 1 aromatic carbocycles. The number of alkyl halides is 5. The maximum atomic E-state index is 13.8. The Morgan fingerprint density at radius 2 is 2.02 bits per heavy atom. The van der Waals surface area contributed by atoms with Gasteiger partial charge < -0.3 is 26.0 Å². The van der Waals surface area contributed by atoms with E-state index in [0.717, 1.165) is 18.8 Å². The number of amides is 2. The van der Waals surface area contributed by atoms with Crippen molar-refractivity contribution in [2.45, 2.75) is 38.9 Å². The monoisotopic (exact) mass is 663 g/mol. The smallest absolute Gasteiger partial charge is 0.426 e. The van der Waals surface area contributed by atoms with E-state index in [4.69, 9.17) is 10.5 Å². The van der Waals surface area contributed by atoms with Gasteiger partial charge in [0.25, 0.3) is 18.8 Å². The number of halogens is 5. The minimum Gasteiger partial charge on any atom is -0.426 e.